The second kappa shape index (κ2) is 5.53. The summed E-state index contributed by atoms with van der Waals surface area (Å²) < 4.78 is 12.2. The van der Waals surface area contributed by atoms with Gasteiger partial charge in [-0.05, 0) is 18.9 Å². The fraction of sp³-hybridized carbons (Fsp3) is 0.526. The Morgan fingerprint density at radius 2 is 1.96 bits per heavy atom. The Balaban J connectivity index is 2.01. The van der Waals surface area contributed by atoms with Crippen molar-refractivity contribution in [1.29, 1.82) is 21.2 Å². The first-order valence-electron chi connectivity index (χ1n) is 8.70. The highest BCUT2D eigenvalue weighted by Crippen LogP contribution is 2.68. The van der Waals surface area contributed by atoms with Gasteiger partial charge in [0.25, 0.3) is 0 Å². The van der Waals surface area contributed by atoms with Crippen molar-refractivity contribution in [3.63, 3.8) is 0 Å². The van der Waals surface area contributed by atoms with Crippen LogP contribution >= 0.6 is 0 Å². The van der Waals surface area contributed by atoms with Crippen molar-refractivity contribution in [3.05, 3.63) is 30.1 Å². The van der Waals surface area contributed by atoms with Gasteiger partial charge in [-0.25, -0.2) is 0 Å². The van der Waals surface area contributed by atoms with Gasteiger partial charge in [-0.3, -0.25) is 10.4 Å². The van der Waals surface area contributed by atoms with Crippen LogP contribution in [0.4, 0.5) is 0 Å². The van der Waals surface area contributed by atoms with Gasteiger partial charge in [0.1, 0.15) is 6.10 Å². The number of rotatable bonds is 1. The summed E-state index contributed by atoms with van der Waals surface area (Å²) in [7, 11) is 0. The zero-order valence-corrected chi connectivity index (χ0v) is 14.1. The molecule has 7 heteroatoms. The first-order chi connectivity index (χ1) is 12.6. The molecule has 3 aliphatic rings. The first-order valence-corrected chi connectivity index (χ1v) is 8.70. The molecule has 2 saturated heterocycles. The van der Waals surface area contributed by atoms with Crippen LogP contribution in [0, 0.1) is 56.2 Å². The molecule has 1 saturated carbocycles. The molecule has 0 spiro atoms. The van der Waals surface area contributed by atoms with E-state index in [0.29, 0.717) is 18.4 Å². The van der Waals surface area contributed by atoms with Gasteiger partial charge in [0.15, 0.2) is 5.41 Å². The van der Waals surface area contributed by atoms with E-state index in [9.17, 15) is 15.8 Å². The molecule has 26 heavy (non-hydrogen) atoms. The van der Waals surface area contributed by atoms with Gasteiger partial charge in [-0.1, -0.05) is 18.9 Å². The van der Waals surface area contributed by atoms with E-state index in [4.69, 9.17) is 14.9 Å². The number of aromatic nitrogens is 1. The van der Waals surface area contributed by atoms with Gasteiger partial charge in [0, 0.05) is 24.4 Å². The maximum atomic E-state index is 10.2. The molecule has 130 valence electrons. The molecule has 1 aromatic rings. The fourth-order valence-corrected chi connectivity index (χ4v) is 4.87. The molecule has 0 aromatic carbocycles. The molecule has 0 unspecified atom stereocenters. The average Bonchev–Trinajstić information content (AvgIpc) is 2.81. The van der Waals surface area contributed by atoms with E-state index in [0.717, 1.165) is 19.3 Å². The average molecular weight is 347 g/mol. The Labute approximate surface area is 151 Å². The van der Waals surface area contributed by atoms with E-state index in [1.807, 2.05) is 0 Å². The molecule has 4 atom stereocenters. The van der Waals surface area contributed by atoms with Gasteiger partial charge in [-0.15, -0.1) is 0 Å². The summed E-state index contributed by atoms with van der Waals surface area (Å²) in [5, 5.41) is 38.8. The van der Waals surface area contributed by atoms with Crippen LogP contribution in [-0.2, 0) is 9.47 Å². The van der Waals surface area contributed by atoms with Crippen LogP contribution in [0.1, 0.15) is 43.8 Å². The highest BCUT2D eigenvalue weighted by molar-refractivity contribution is 5.89. The van der Waals surface area contributed by atoms with E-state index in [2.05, 4.69) is 23.2 Å². The largest absolute Gasteiger partial charge is 0.447 e. The lowest BCUT2D eigenvalue weighted by atomic mass is 9.52. The summed E-state index contributed by atoms with van der Waals surface area (Å²) in [6.07, 6.45) is 5.89. The zero-order chi connectivity index (χ0) is 18.4. The number of nitrogens with one attached hydrogen (secondary N) is 1. The van der Waals surface area contributed by atoms with Crippen molar-refractivity contribution in [2.24, 2.45) is 16.7 Å². The lowest BCUT2D eigenvalue weighted by Crippen LogP contribution is -2.59. The lowest BCUT2D eigenvalue weighted by molar-refractivity contribution is -0.285. The van der Waals surface area contributed by atoms with Crippen molar-refractivity contribution in [3.8, 4) is 18.2 Å². The Hall–Kier alpha value is -2.95. The molecule has 3 fully saturated rings. The molecule has 2 bridgehead atoms. The van der Waals surface area contributed by atoms with Crippen LogP contribution in [0.25, 0.3) is 0 Å². The highest BCUT2D eigenvalue weighted by atomic mass is 16.7. The highest BCUT2D eigenvalue weighted by Gasteiger charge is 2.80. The molecule has 4 rings (SSSR count). The molecule has 1 N–H and O–H groups in total. The number of pyridine rings is 1. The maximum Gasteiger partial charge on any atom is 0.217 e. The summed E-state index contributed by atoms with van der Waals surface area (Å²) >= 11 is 0. The topological polar surface area (TPSA) is 127 Å². The van der Waals surface area contributed by atoms with E-state index in [-0.39, 0.29) is 5.90 Å². The van der Waals surface area contributed by atoms with Crippen LogP contribution in [0.5, 0.6) is 0 Å². The summed E-state index contributed by atoms with van der Waals surface area (Å²) in [6.45, 7) is 0. The third kappa shape index (κ3) is 1.72. The van der Waals surface area contributed by atoms with Crippen LogP contribution < -0.4 is 0 Å². The van der Waals surface area contributed by atoms with Crippen LogP contribution in [0.2, 0.25) is 0 Å². The van der Waals surface area contributed by atoms with Crippen molar-refractivity contribution in [2.75, 3.05) is 0 Å². The molecular formula is C19H17N5O2. The van der Waals surface area contributed by atoms with Crippen molar-refractivity contribution in [1.82, 2.24) is 4.98 Å². The maximum absolute atomic E-state index is 10.2. The summed E-state index contributed by atoms with van der Waals surface area (Å²) in [5.41, 5.74) is -2.99. The van der Waals surface area contributed by atoms with E-state index in [1.54, 1.807) is 18.3 Å². The van der Waals surface area contributed by atoms with Crippen molar-refractivity contribution >= 4 is 5.90 Å². The second-order valence-electron chi connectivity index (χ2n) is 7.13. The quantitative estimate of drug-likeness (QED) is 0.832. The Bertz CT molecular complexity index is 866. The third-order valence-corrected chi connectivity index (χ3v) is 6.05. The van der Waals surface area contributed by atoms with Crippen LogP contribution in [0.15, 0.2) is 24.5 Å². The predicted octanol–water partition coefficient (Wildman–Crippen LogP) is 2.98. The molecular weight excluding hydrogens is 330 g/mol. The summed E-state index contributed by atoms with van der Waals surface area (Å²) in [5.74, 6) is -1.97. The molecule has 2 aliphatic heterocycles. The minimum absolute atomic E-state index is 0.318. The Morgan fingerprint density at radius 1 is 1.15 bits per heavy atom. The molecule has 1 aliphatic carbocycles. The Morgan fingerprint density at radius 3 is 2.62 bits per heavy atom. The van der Waals surface area contributed by atoms with Crippen molar-refractivity contribution in [2.45, 2.75) is 44.0 Å². The van der Waals surface area contributed by atoms with E-state index < -0.39 is 28.6 Å². The molecule has 3 heterocycles. The van der Waals surface area contributed by atoms with Gasteiger partial charge >= 0.3 is 0 Å². The lowest BCUT2D eigenvalue weighted by Gasteiger charge is -2.49. The second-order valence-corrected chi connectivity index (χ2v) is 7.13. The summed E-state index contributed by atoms with van der Waals surface area (Å²) in [6, 6.07) is 9.72. The predicted molar refractivity (Wildman–Crippen MR) is 87.9 cm³/mol. The summed E-state index contributed by atoms with van der Waals surface area (Å²) in [4.78, 5) is 4.08. The number of ether oxygens (including phenoxy) is 2. The van der Waals surface area contributed by atoms with Crippen LogP contribution in [-0.4, -0.2) is 16.7 Å². The van der Waals surface area contributed by atoms with Gasteiger partial charge in [0.05, 0.1) is 24.1 Å². The minimum Gasteiger partial charge on any atom is -0.447 e. The monoisotopic (exact) mass is 347 g/mol. The minimum atomic E-state index is -1.88. The number of hydrogen-bond acceptors (Lipinski definition) is 7. The smallest absolute Gasteiger partial charge is 0.217 e. The molecule has 0 radical (unpaired) electrons. The first kappa shape index (κ1) is 16.5. The number of nitriles is 3. The van der Waals surface area contributed by atoms with E-state index in [1.165, 1.54) is 6.20 Å². The normalized spacial score (nSPS) is 37.2. The Kier molecular flexibility index (Phi) is 3.51. The standard InChI is InChI=1S/C19H17N5O2/c20-10-17(11-21)15(13-5-4-8-24-9-13)25-19-7-3-1-2-6-14(19)18(17,12-22)16(23)26-19/h4-5,8-9,14-15,23H,1-3,6-7H2/t14-,15-,18-,19+/m1/s1. The van der Waals surface area contributed by atoms with Gasteiger partial charge in [-0.2, -0.15) is 15.8 Å². The number of hydrogen-bond donors (Lipinski definition) is 1. The number of nitrogens with zero attached hydrogens (tertiary/aromatic N) is 4. The van der Waals surface area contributed by atoms with Crippen LogP contribution in [0.3, 0.4) is 0 Å². The van der Waals surface area contributed by atoms with Crippen molar-refractivity contribution < 1.29 is 9.47 Å². The molecule has 0 amide bonds. The molecule has 7 nitrogen and oxygen atoms in total. The van der Waals surface area contributed by atoms with Gasteiger partial charge < -0.3 is 9.47 Å². The van der Waals surface area contributed by atoms with Gasteiger partial charge in [0.2, 0.25) is 17.1 Å². The van der Waals surface area contributed by atoms with E-state index >= 15 is 0 Å². The zero-order valence-electron chi connectivity index (χ0n) is 14.1. The fourth-order valence-electron chi connectivity index (χ4n) is 4.87. The molecule has 1 aromatic heterocycles. The third-order valence-electron chi connectivity index (χ3n) is 6.05. The SMILES string of the molecule is N#CC1(C#N)[C@@H](c2cccnc2)O[C@]23CCCCC[C@@H]2[C@]1(C#N)C(=N)O3.